The first-order valence-electron chi connectivity index (χ1n) is 5.57. The largest absolute Gasteiger partial charge is 0.506 e. The Labute approximate surface area is 152 Å². The number of ether oxygens (including phenoxy) is 1. The average molecular weight is 558 g/mol. The van der Waals surface area contributed by atoms with E-state index in [0.29, 0.717) is 5.56 Å². The molecule has 0 saturated heterocycles. The van der Waals surface area contributed by atoms with Crippen LogP contribution in [0.25, 0.3) is 0 Å². The first-order valence-corrected chi connectivity index (χ1v) is 8.52. The van der Waals surface area contributed by atoms with E-state index >= 15 is 0 Å². The van der Waals surface area contributed by atoms with E-state index in [9.17, 15) is 5.11 Å². The van der Waals surface area contributed by atoms with E-state index in [-0.39, 0.29) is 5.75 Å². The van der Waals surface area contributed by atoms with Crippen molar-refractivity contribution in [2.45, 2.75) is 0 Å². The summed E-state index contributed by atoms with van der Waals surface area (Å²) in [6.07, 6.45) is 1.66. The summed E-state index contributed by atoms with van der Waals surface area (Å²) >= 11 is 7.74. The molecule has 0 heterocycles. The van der Waals surface area contributed by atoms with Crippen molar-refractivity contribution in [2.24, 2.45) is 4.99 Å². The summed E-state index contributed by atoms with van der Waals surface area (Å²) in [5.74, 6) is 1.01. The molecule has 0 unspecified atom stereocenters. The van der Waals surface area contributed by atoms with Gasteiger partial charge in [-0.25, -0.2) is 0 Å². The number of rotatable bonds is 3. The standard InChI is InChI=1S/C14H10BrI2NO2/c1-20-13-3-2-10(6-11(13)15)18-7-8-4-9(16)5-12(17)14(8)19/h2-7,19H,1H3. The Morgan fingerprint density at radius 3 is 2.65 bits per heavy atom. The van der Waals surface area contributed by atoms with Crippen LogP contribution in [0.3, 0.4) is 0 Å². The molecule has 2 rings (SSSR count). The third-order valence-corrected chi connectivity index (χ3v) is 4.61. The fourth-order valence-electron chi connectivity index (χ4n) is 1.56. The van der Waals surface area contributed by atoms with Crippen LogP contribution in [-0.2, 0) is 0 Å². The predicted octanol–water partition coefficient (Wildman–Crippen LogP) is 5.12. The molecule has 1 N–H and O–H groups in total. The molecule has 3 nitrogen and oxygen atoms in total. The minimum Gasteiger partial charge on any atom is -0.506 e. The number of phenols is 1. The Kier molecular flexibility index (Phi) is 5.67. The maximum absolute atomic E-state index is 10.0. The van der Waals surface area contributed by atoms with Crippen LogP contribution < -0.4 is 4.74 Å². The summed E-state index contributed by atoms with van der Waals surface area (Å²) in [4.78, 5) is 4.38. The lowest BCUT2D eigenvalue weighted by molar-refractivity contribution is 0.412. The Morgan fingerprint density at radius 1 is 1.25 bits per heavy atom. The van der Waals surface area contributed by atoms with Gasteiger partial charge in [0, 0.05) is 15.3 Å². The molecule has 0 bridgehead atoms. The highest BCUT2D eigenvalue weighted by Gasteiger charge is 2.05. The number of halogens is 3. The third-order valence-electron chi connectivity index (χ3n) is 2.55. The van der Waals surface area contributed by atoms with Crippen molar-refractivity contribution in [3.63, 3.8) is 0 Å². The molecule has 0 amide bonds. The molecule has 0 atom stereocenters. The van der Waals surface area contributed by atoms with Gasteiger partial charge in [0.25, 0.3) is 0 Å². The molecule has 0 spiro atoms. The molecule has 6 heteroatoms. The highest BCUT2D eigenvalue weighted by atomic mass is 127. The van der Waals surface area contributed by atoms with Gasteiger partial charge in [-0.15, -0.1) is 0 Å². The van der Waals surface area contributed by atoms with Crippen molar-refractivity contribution < 1.29 is 9.84 Å². The number of hydrogen-bond donors (Lipinski definition) is 1. The molecular weight excluding hydrogens is 548 g/mol. The number of nitrogens with zero attached hydrogens (tertiary/aromatic N) is 1. The lowest BCUT2D eigenvalue weighted by atomic mass is 10.2. The van der Waals surface area contributed by atoms with Crippen molar-refractivity contribution in [3.05, 3.63) is 47.5 Å². The van der Waals surface area contributed by atoms with Crippen LogP contribution in [0.5, 0.6) is 11.5 Å². The van der Waals surface area contributed by atoms with Gasteiger partial charge in [-0.2, -0.15) is 0 Å². The fourth-order valence-corrected chi connectivity index (χ4v) is 3.98. The zero-order chi connectivity index (χ0) is 14.7. The lowest BCUT2D eigenvalue weighted by Gasteiger charge is -2.04. The smallest absolute Gasteiger partial charge is 0.137 e. The van der Waals surface area contributed by atoms with E-state index in [0.717, 1.165) is 23.0 Å². The van der Waals surface area contributed by atoms with E-state index in [1.165, 1.54) is 0 Å². The SMILES string of the molecule is COc1ccc(N=Cc2cc(I)cc(I)c2O)cc1Br. The molecule has 104 valence electrons. The second kappa shape index (κ2) is 7.08. The molecule has 0 aliphatic carbocycles. The second-order valence-electron chi connectivity index (χ2n) is 3.90. The molecule has 0 aromatic heterocycles. The summed E-state index contributed by atoms with van der Waals surface area (Å²) in [7, 11) is 1.62. The molecule has 0 fully saturated rings. The van der Waals surface area contributed by atoms with Crippen LogP contribution in [0, 0.1) is 7.14 Å². The van der Waals surface area contributed by atoms with Crippen molar-refractivity contribution in [1.82, 2.24) is 0 Å². The average Bonchev–Trinajstić information content (AvgIpc) is 2.41. The number of benzene rings is 2. The summed E-state index contributed by atoms with van der Waals surface area (Å²) in [5, 5.41) is 10.0. The fraction of sp³-hybridized carbons (Fsp3) is 0.0714. The Morgan fingerprint density at radius 2 is 2.00 bits per heavy atom. The van der Waals surface area contributed by atoms with Crippen LogP contribution in [0.2, 0.25) is 0 Å². The molecule has 20 heavy (non-hydrogen) atoms. The van der Waals surface area contributed by atoms with Gasteiger partial charge in [-0.05, 0) is 91.4 Å². The van der Waals surface area contributed by atoms with E-state index in [1.54, 1.807) is 13.3 Å². The normalized spacial score (nSPS) is 11.0. The maximum atomic E-state index is 10.0. The zero-order valence-corrected chi connectivity index (χ0v) is 16.3. The topological polar surface area (TPSA) is 41.8 Å². The molecular formula is C14H10BrI2NO2. The van der Waals surface area contributed by atoms with Crippen molar-refractivity contribution >= 4 is 73.0 Å². The van der Waals surface area contributed by atoms with Crippen LogP contribution in [0.15, 0.2) is 39.8 Å². The van der Waals surface area contributed by atoms with Gasteiger partial charge >= 0.3 is 0 Å². The van der Waals surface area contributed by atoms with Crippen LogP contribution in [0.4, 0.5) is 5.69 Å². The summed E-state index contributed by atoms with van der Waals surface area (Å²) in [5.41, 5.74) is 1.49. The van der Waals surface area contributed by atoms with Gasteiger partial charge in [-0.3, -0.25) is 4.99 Å². The van der Waals surface area contributed by atoms with E-state index < -0.39 is 0 Å². The monoisotopic (exact) mass is 557 g/mol. The van der Waals surface area contributed by atoms with Gasteiger partial charge in [0.15, 0.2) is 0 Å². The molecule has 0 aliphatic heterocycles. The van der Waals surface area contributed by atoms with Crippen molar-refractivity contribution in [2.75, 3.05) is 7.11 Å². The lowest BCUT2D eigenvalue weighted by Crippen LogP contribution is -1.88. The highest BCUT2D eigenvalue weighted by Crippen LogP contribution is 2.30. The third kappa shape index (κ3) is 3.85. The van der Waals surface area contributed by atoms with E-state index in [1.807, 2.05) is 30.3 Å². The van der Waals surface area contributed by atoms with E-state index in [4.69, 9.17) is 4.74 Å². The summed E-state index contributed by atoms with van der Waals surface area (Å²) in [6, 6.07) is 9.37. The van der Waals surface area contributed by atoms with Crippen LogP contribution >= 0.6 is 61.1 Å². The highest BCUT2D eigenvalue weighted by molar-refractivity contribution is 14.1. The summed E-state index contributed by atoms with van der Waals surface area (Å²) < 4.78 is 7.89. The first-order chi connectivity index (χ1) is 9.51. The molecule has 0 aliphatic rings. The van der Waals surface area contributed by atoms with Gasteiger partial charge in [0.2, 0.25) is 0 Å². The Bertz CT molecular complexity index is 674. The predicted molar refractivity (Wildman–Crippen MR) is 101 cm³/mol. The number of aliphatic imine (C=N–C) groups is 1. The first kappa shape index (κ1) is 16.0. The maximum Gasteiger partial charge on any atom is 0.137 e. The quantitative estimate of drug-likeness (QED) is 0.420. The van der Waals surface area contributed by atoms with Crippen LogP contribution in [0.1, 0.15) is 5.56 Å². The minimum atomic E-state index is 0.252. The second-order valence-corrected chi connectivity index (χ2v) is 7.16. The molecule has 2 aromatic rings. The molecule has 0 radical (unpaired) electrons. The van der Waals surface area contributed by atoms with Crippen LogP contribution in [-0.4, -0.2) is 18.4 Å². The molecule has 2 aromatic carbocycles. The number of hydrogen-bond acceptors (Lipinski definition) is 3. The molecule has 0 saturated carbocycles. The summed E-state index contributed by atoms with van der Waals surface area (Å²) in [6.45, 7) is 0. The van der Waals surface area contributed by atoms with Crippen molar-refractivity contribution in [3.8, 4) is 11.5 Å². The number of aromatic hydroxyl groups is 1. The Hall–Kier alpha value is -0.350. The van der Waals surface area contributed by atoms with Gasteiger partial charge < -0.3 is 9.84 Å². The Balaban J connectivity index is 2.32. The zero-order valence-electron chi connectivity index (χ0n) is 10.4. The van der Waals surface area contributed by atoms with Gasteiger partial charge in [0.05, 0.1) is 20.8 Å². The number of methoxy groups -OCH3 is 1. The number of phenolic OH excluding ortho intramolecular Hbond substituents is 1. The van der Waals surface area contributed by atoms with Gasteiger partial charge in [-0.1, -0.05) is 0 Å². The minimum absolute atomic E-state index is 0.252. The van der Waals surface area contributed by atoms with Gasteiger partial charge in [0.1, 0.15) is 11.5 Å². The van der Waals surface area contributed by atoms with E-state index in [2.05, 4.69) is 66.1 Å². The van der Waals surface area contributed by atoms with Crippen molar-refractivity contribution in [1.29, 1.82) is 0 Å².